The number of para-hydroxylation sites is 1. The van der Waals surface area contributed by atoms with E-state index in [9.17, 15) is 13.2 Å². The highest BCUT2D eigenvalue weighted by Crippen LogP contribution is 2.22. The number of benzene rings is 1. The topological polar surface area (TPSA) is 78.8 Å². The van der Waals surface area contributed by atoms with Gasteiger partial charge in [-0.25, -0.2) is 4.68 Å². The van der Waals surface area contributed by atoms with Gasteiger partial charge in [-0.3, -0.25) is 4.79 Å². The molecule has 8 nitrogen and oxygen atoms in total. The third-order valence-corrected chi connectivity index (χ3v) is 8.28. The first-order chi connectivity index (χ1) is 14.9. The van der Waals surface area contributed by atoms with Gasteiger partial charge in [0, 0.05) is 39.3 Å². The Hall–Kier alpha value is -2.23. The number of carbonyl (C=O) groups is 1. The van der Waals surface area contributed by atoms with Crippen LogP contribution < -0.4 is 0 Å². The lowest BCUT2D eigenvalue weighted by Gasteiger charge is -2.36. The molecule has 9 heteroatoms. The average Bonchev–Trinajstić information content (AvgIpc) is 2.95. The van der Waals surface area contributed by atoms with Crippen molar-refractivity contribution in [3.05, 3.63) is 47.3 Å². The van der Waals surface area contributed by atoms with Crippen LogP contribution in [0.15, 0.2) is 30.3 Å². The Morgan fingerprint density at radius 1 is 0.839 bits per heavy atom. The van der Waals surface area contributed by atoms with Crippen LogP contribution in [0.1, 0.15) is 47.4 Å². The standard InChI is InChI=1S/C22H31N5O3S/c1-18-21(19(2)27(23-18)20-10-6-5-7-11-20)22(28)24-14-16-26(17-15-24)31(29,30)25-12-8-3-4-9-13-25/h5-7,10-11H,3-4,8-9,12-17H2,1-2H3. The van der Waals surface area contributed by atoms with E-state index < -0.39 is 10.2 Å². The molecule has 1 amide bonds. The summed E-state index contributed by atoms with van der Waals surface area (Å²) in [5.74, 6) is -0.0796. The van der Waals surface area contributed by atoms with E-state index in [1.54, 1.807) is 13.9 Å². The van der Waals surface area contributed by atoms with E-state index in [1.807, 2.05) is 44.2 Å². The number of rotatable bonds is 4. The highest BCUT2D eigenvalue weighted by atomic mass is 32.2. The van der Waals surface area contributed by atoms with Crippen molar-refractivity contribution in [1.29, 1.82) is 0 Å². The van der Waals surface area contributed by atoms with Gasteiger partial charge in [-0.2, -0.15) is 22.1 Å². The summed E-state index contributed by atoms with van der Waals surface area (Å²) in [6.07, 6.45) is 4.01. The normalized spacial score (nSPS) is 19.4. The summed E-state index contributed by atoms with van der Waals surface area (Å²) < 4.78 is 31.0. The summed E-state index contributed by atoms with van der Waals surface area (Å²) in [6, 6.07) is 9.75. The largest absolute Gasteiger partial charge is 0.336 e. The molecule has 0 saturated carbocycles. The van der Waals surface area contributed by atoms with E-state index >= 15 is 0 Å². The van der Waals surface area contributed by atoms with E-state index in [4.69, 9.17) is 0 Å². The maximum Gasteiger partial charge on any atom is 0.282 e. The molecule has 0 unspecified atom stereocenters. The summed E-state index contributed by atoms with van der Waals surface area (Å²) in [5, 5.41) is 4.58. The smallest absolute Gasteiger partial charge is 0.282 e. The number of amides is 1. The predicted molar refractivity (Wildman–Crippen MR) is 119 cm³/mol. The average molecular weight is 446 g/mol. The molecule has 31 heavy (non-hydrogen) atoms. The Kier molecular flexibility index (Phi) is 6.45. The molecule has 0 spiro atoms. The van der Waals surface area contributed by atoms with Crippen LogP contribution in [0.2, 0.25) is 0 Å². The summed E-state index contributed by atoms with van der Waals surface area (Å²) in [6.45, 7) is 6.38. The number of aromatic nitrogens is 2. The van der Waals surface area contributed by atoms with E-state index in [-0.39, 0.29) is 5.91 Å². The Balaban J connectivity index is 1.46. The third-order valence-electron chi connectivity index (χ3n) is 6.25. The summed E-state index contributed by atoms with van der Waals surface area (Å²) in [5.41, 5.74) is 3.00. The summed E-state index contributed by atoms with van der Waals surface area (Å²) >= 11 is 0. The van der Waals surface area contributed by atoms with Gasteiger partial charge >= 0.3 is 0 Å². The highest BCUT2D eigenvalue weighted by Gasteiger charge is 2.34. The van der Waals surface area contributed by atoms with Crippen LogP contribution in [0.3, 0.4) is 0 Å². The van der Waals surface area contributed by atoms with Crippen molar-refractivity contribution in [2.75, 3.05) is 39.3 Å². The van der Waals surface area contributed by atoms with Gasteiger partial charge in [-0.05, 0) is 38.8 Å². The first-order valence-electron chi connectivity index (χ1n) is 11.1. The second-order valence-electron chi connectivity index (χ2n) is 8.31. The number of piperazine rings is 1. The number of carbonyl (C=O) groups excluding carboxylic acids is 1. The highest BCUT2D eigenvalue weighted by molar-refractivity contribution is 7.86. The molecule has 0 bridgehead atoms. The fraction of sp³-hybridized carbons (Fsp3) is 0.545. The molecular weight excluding hydrogens is 414 g/mol. The van der Waals surface area contributed by atoms with Gasteiger partial charge in [0.15, 0.2) is 0 Å². The maximum absolute atomic E-state index is 13.3. The molecule has 0 aliphatic carbocycles. The van der Waals surface area contributed by atoms with Gasteiger partial charge in [0.2, 0.25) is 0 Å². The zero-order chi connectivity index (χ0) is 22.0. The number of nitrogens with zero attached hydrogens (tertiary/aromatic N) is 5. The Morgan fingerprint density at radius 3 is 2.03 bits per heavy atom. The molecule has 0 atom stereocenters. The van der Waals surface area contributed by atoms with Gasteiger partial charge in [0.25, 0.3) is 16.1 Å². The lowest BCUT2D eigenvalue weighted by atomic mass is 10.1. The van der Waals surface area contributed by atoms with Gasteiger partial charge < -0.3 is 4.90 Å². The third kappa shape index (κ3) is 4.40. The van der Waals surface area contributed by atoms with Crippen LogP contribution >= 0.6 is 0 Å². The van der Waals surface area contributed by atoms with Gasteiger partial charge in [0.1, 0.15) is 0 Å². The maximum atomic E-state index is 13.3. The Labute approximate surface area is 184 Å². The number of hydrogen-bond acceptors (Lipinski definition) is 4. The molecular formula is C22H31N5O3S. The molecule has 2 aromatic rings. The first-order valence-corrected chi connectivity index (χ1v) is 12.5. The van der Waals surface area contributed by atoms with Crippen molar-refractivity contribution < 1.29 is 13.2 Å². The summed E-state index contributed by atoms with van der Waals surface area (Å²) in [7, 11) is -3.46. The van der Waals surface area contributed by atoms with Gasteiger partial charge in [-0.1, -0.05) is 31.0 Å². The van der Waals surface area contributed by atoms with Crippen LogP contribution in [-0.4, -0.2) is 76.9 Å². The molecule has 2 saturated heterocycles. The van der Waals surface area contributed by atoms with Gasteiger partial charge in [0.05, 0.1) is 22.6 Å². The molecule has 1 aromatic carbocycles. The second-order valence-corrected chi connectivity index (χ2v) is 10.2. The lowest BCUT2D eigenvalue weighted by molar-refractivity contribution is 0.0692. The van der Waals surface area contributed by atoms with Crippen LogP contribution in [0, 0.1) is 13.8 Å². The first kappa shape index (κ1) is 22.0. The molecule has 2 aliphatic rings. The molecule has 168 valence electrons. The van der Waals surface area contributed by atoms with Crippen LogP contribution in [-0.2, 0) is 10.2 Å². The number of hydrogen-bond donors (Lipinski definition) is 0. The second kappa shape index (κ2) is 9.10. The SMILES string of the molecule is Cc1nn(-c2ccccc2)c(C)c1C(=O)N1CCN(S(=O)(=O)N2CCCCCC2)CC1. The minimum atomic E-state index is -3.46. The van der Waals surface area contributed by atoms with Crippen molar-refractivity contribution in [1.82, 2.24) is 23.3 Å². The lowest BCUT2D eigenvalue weighted by Crippen LogP contribution is -2.54. The van der Waals surface area contributed by atoms with Gasteiger partial charge in [-0.15, -0.1) is 0 Å². The monoisotopic (exact) mass is 445 g/mol. The van der Waals surface area contributed by atoms with Crippen LogP contribution in [0.5, 0.6) is 0 Å². The minimum Gasteiger partial charge on any atom is -0.336 e. The Morgan fingerprint density at radius 2 is 1.42 bits per heavy atom. The van der Waals surface area contributed by atoms with E-state index in [0.717, 1.165) is 37.1 Å². The molecule has 3 heterocycles. The van der Waals surface area contributed by atoms with Crippen LogP contribution in [0.4, 0.5) is 0 Å². The minimum absolute atomic E-state index is 0.0796. The molecule has 2 fully saturated rings. The molecule has 2 aliphatic heterocycles. The van der Waals surface area contributed by atoms with Crippen molar-refractivity contribution >= 4 is 16.1 Å². The van der Waals surface area contributed by atoms with E-state index in [1.165, 1.54) is 4.31 Å². The molecule has 4 rings (SSSR count). The zero-order valence-corrected chi connectivity index (χ0v) is 19.1. The van der Waals surface area contributed by atoms with Crippen molar-refractivity contribution in [3.63, 3.8) is 0 Å². The zero-order valence-electron chi connectivity index (χ0n) is 18.3. The molecule has 0 radical (unpaired) electrons. The molecule has 0 N–H and O–H groups in total. The quantitative estimate of drug-likeness (QED) is 0.724. The van der Waals surface area contributed by atoms with Crippen molar-refractivity contribution in [2.24, 2.45) is 0 Å². The fourth-order valence-corrected chi connectivity index (χ4v) is 6.16. The van der Waals surface area contributed by atoms with Crippen molar-refractivity contribution in [3.8, 4) is 5.69 Å². The van der Waals surface area contributed by atoms with E-state index in [0.29, 0.717) is 50.5 Å². The Bertz CT molecular complexity index is 1020. The molecule has 1 aromatic heterocycles. The van der Waals surface area contributed by atoms with Crippen molar-refractivity contribution in [2.45, 2.75) is 39.5 Å². The number of aryl methyl sites for hydroxylation is 1. The fourth-order valence-electron chi connectivity index (χ4n) is 4.49. The summed E-state index contributed by atoms with van der Waals surface area (Å²) in [4.78, 5) is 15.0. The predicted octanol–water partition coefficient (Wildman–Crippen LogP) is 2.37. The van der Waals surface area contributed by atoms with Crippen LogP contribution in [0.25, 0.3) is 5.69 Å². The van der Waals surface area contributed by atoms with E-state index in [2.05, 4.69) is 5.10 Å².